The van der Waals surface area contributed by atoms with E-state index >= 15 is 0 Å². The van der Waals surface area contributed by atoms with Crippen molar-refractivity contribution in [3.8, 4) is 0 Å². The Labute approximate surface area is 81.5 Å². The van der Waals surface area contributed by atoms with E-state index in [2.05, 4.69) is 5.32 Å². The molecule has 6 heteroatoms. The summed E-state index contributed by atoms with van der Waals surface area (Å²) in [7, 11) is 0. The second kappa shape index (κ2) is 5.56. The lowest BCUT2D eigenvalue weighted by Gasteiger charge is -2.17. The van der Waals surface area contributed by atoms with Crippen LogP contribution >= 0.6 is 0 Å². The Hall–Kier alpha value is -1.14. The van der Waals surface area contributed by atoms with Gasteiger partial charge in [0.05, 0.1) is 18.6 Å². The maximum absolute atomic E-state index is 11.0. The van der Waals surface area contributed by atoms with Gasteiger partial charge >= 0.3 is 5.97 Å². The van der Waals surface area contributed by atoms with Gasteiger partial charge in [-0.15, -0.1) is 0 Å². The second-order valence-corrected chi connectivity index (χ2v) is 3.18. The average Bonchev–Trinajstić information content (AvgIpc) is 1.97. The first-order valence-corrected chi connectivity index (χ1v) is 4.23. The van der Waals surface area contributed by atoms with Crippen LogP contribution in [0.15, 0.2) is 0 Å². The largest absolute Gasteiger partial charge is 0.480 e. The number of carbonyl (C=O) groups excluding carboxylic acids is 1. The highest BCUT2D eigenvalue weighted by Crippen LogP contribution is 1.96. The molecule has 0 rings (SSSR count). The van der Waals surface area contributed by atoms with Crippen LogP contribution < -0.4 is 5.32 Å². The number of nitrogens with one attached hydrogen (secondary N) is 1. The van der Waals surface area contributed by atoms with Crippen LogP contribution in [0.5, 0.6) is 0 Å². The first-order valence-electron chi connectivity index (χ1n) is 4.23. The van der Waals surface area contributed by atoms with Gasteiger partial charge in [-0.05, 0) is 13.8 Å². The third kappa shape index (κ3) is 4.78. The summed E-state index contributed by atoms with van der Waals surface area (Å²) in [6.07, 6.45) is -2.19. The van der Waals surface area contributed by atoms with E-state index in [1.165, 1.54) is 13.8 Å². The minimum absolute atomic E-state index is 0.184. The van der Waals surface area contributed by atoms with E-state index < -0.39 is 30.1 Å². The Morgan fingerprint density at radius 1 is 1.29 bits per heavy atom. The zero-order valence-corrected chi connectivity index (χ0v) is 8.10. The number of aliphatic carboxylic acids is 1. The number of rotatable bonds is 5. The summed E-state index contributed by atoms with van der Waals surface area (Å²) in [5.74, 6) is -1.91. The van der Waals surface area contributed by atoms with E-state index in [4.69, 9.17) is 15.3 Å². The number of aliphatic hydroxyl groups is 2. The van der Waals surface area contributed by atoms with Crippen molar-refractivity contribution in [1.29, 1.82) is 0 Å². The molecule has 0 bridgehead atoms. The van der Waals surface area contributed by atoms with E-state index in [0.29, 0.717) is 0 Å². The third-order valence-corrected chi connectivity index (χ3v) is 1.55. The van der Waals surface area contributed by atoms with Gasteiger partial charge in [-0.2, -0.15) is 0 Å². The van der Waals surface area contributed by atoms with Gasteiger partial charge in [-0.3, -0.25) is 4.79 Å². The summed E-state index contributed by atoms with van der Waals surface area (Å²) in [5.41, 5.74) is 0. The number of aliphatic hydroxyl groups excluding tert-OH is 2. The standard InChI is InChI=1S/C8H15NO5/c1-4(10)3-6(12)9-7(5(2)11)8(13)14/h4-5,7,10-11H,3H2,1-2H3,(H,9,12)(H,13,14)/t4?,5-,7+/m1/s1. The van der Waals surface area contributed by atoms with Crippen LogP contribution in [-0.4, -0.2) is 45.4 Å². The van der Waals surface area contributed by atoms with E-state index in [1.807, 2.05) is 0 Å². The highest BCUT2D eigenvalue weighted by molar-refractivity contribution is 5.84. The van der Waals surface area contributed by atoms with Gasteiger partial charge in [0.25, 0.3) is 0 Å². The highest BCUT2D eigenvalue weighted by atomic mass is 16.4. The van der Waals surface area contributed by atoms with Crippen LogP contribution in [0.3, 0.4) is 0 Å². The van der Waals surface area contributed by atoms with Crippen LogP contribution in [0, 0.1) is 0 Å². The molecule has 6 nitrogen and oxygen atoms in total. The number of hydrogen-bond donors (Lipinski definition) is 4. The molecule has 0 aliphatic carbocycles. The second-order valence-electron chi connectivity index (χ2n) is 3.18. The fraction of sp³-hybridized carbons (Fsp3) is 0.750. The topological polar surface area (TPSA) is 107 Å². The predicted molar refractivity (Wildman–Crippen MR) is 47.5 cm³/mol. The van der Waals surface area contributed by atoms with Gasteiger partial charge in [0.1, 0.15) is 0 Å². The average molecular weight is 205 g/mol. The van der Waals surface area contributed by atoms with Crippen LogP contribution in [-0.2, 0) is 9.59 Å². The predicted octanol–water partition coefficient (Wildman–Crippen LogP) is -1.29. The van der Waals surface area contributed by atoms with Crippen LogP contribution in [0.2, 0.25) is 0 Å². The van der Waals surface area contributed by atoms with Crippen molar-refractivity contribution < 1.29 is 24.9 Å². The molecule has 0 spiro atoms. The van der Waals surface area contributed by atoms with Gasteiger partial charge in [-0.1, -0.05) is 0 Å². The number of hydrogen-bond acceptors (Lipinski definition) is 4. The SMILES string of the molecule is CC(O)CC(=O)N[C@H](C(=O)O)[C@@H](C)O. The Bertz CT molecular complexity index is 214. The molecular formula is C8H15NO5. The van der Waals surface area contributed by atoms with Crippen molar-refractivity contribution in [3.63, 3.8) is 0 Å². The summed E-state index contributed by atoms with van der Waals surface area (Å²) >= 11 is 0. The number of carbonyl (C=O) groups is 2. The summed E-state index contributed by atoms with van der Waals surface area (Å²) in [6.45, 7) is 2.68. The van der Waals surface area contributed by atoms with Crippen LogP contribution in [0.4, 0.5) is 0 Å². The molecule has 82 valence electrons. The third-order valence-electron chi connectivity index (χ3n) is 1.55. The number of carboxylic acids is 1. The zero-order chi connectivity index (χ0) is 11.3. The molecule has 0 aromatic rings. The van der Waals surface area contributed by atoms with E-state index in [9.17, 15) is 9.59 Å². The molecule has 1 amide bonds. The van der Waals surface area contributed by atoms with Gasteiger partial charge in [-0.25, -0.2) is 4.79 Å². The molecule has 0 aliphatic rings. The zero-order valence-electron chi connectivity index (χ0n) is 8.10. The van der Waals surface area contributed by atoms with Crippen LogP contribution in [0.25, 0.3) is 0 Å². The lowest BCUT2D eigenvalue weighted by Crippen LogP contribution is -2.48. The maximum atomic E-state index is 11.0. The molecule has 0 saturated carbocycles. The number of amides is 1. The quantitative estimate of drug-likeness (QED) is 0.446. The van der Waals surface area contributed by atoms with Gasteiger partial charge in [0, 0.05) is 0 Å². The van der Waals surface area contributed by atoms with Crippen molar-refractivity contribution in [1.82, 2.24) is 5.32 Å². The Morgan fingerprint density at radius 2 is 1.79 bits per heavy atom. The fourth-order valence-electron chi connectivity index (χ4n) is 0.889. The molecule has 0 aromatic heterocycles. The molecule has 0 aliphatic heterocycles. The Balaban J connectivity index is 4.17. The molecular weight excluding hydrogens is 190 g/mol. The van der Waals surface area contributed by atoms with E-state index in [1.54, 1.807) is 0 Å². The summed E-state index contributed by atoms with van der Waals surface area (Å²) in [5, 5.41) is 28.5. The Morgan fingerprint density at radius 3 is 2.07 bits per heavy atom. The van der Waals surface area contributed by atoms with Gasteiger partial charge in [0.15, 0.2) is 6.04 Å². The first-order chi connectivity index (χ1) is 6.34. The molecule has 0 heterocycles. The Kier molecular flexibility index (Phi) is 5.11. The van der Waals surface area contributed by atoms with E-state index in [0.717, 1.165) is 0 Å². The van der Waals surface area contributed by atoms with Gasteiger partial charge < -0.3 is 20.6 Å². The summed E-state index contributed by atoms with van der Waals surface area (Å²) in [4.78, 5) is 21.6. The van der Waals surface area contributed by atoms with Crippen molar-refractivity contribution in [2.75, 3.05) is 0 Å². The first kappa shape index (κ1) is 12.9. The molecule has 14 heavy (non-hydrogen) atoms. The van der Waals surface area contributed by atoms with Gasteiger partial charge in [0.2, 0.25) is 5.91 Å². The minimum atomic E-state index is -1.33. The van der Waals surface area contributed by atoms with Crippen molar-refractivity contribution in [2.45, 2.75) is 38.5 Å². The molecule has 0 fully saturated rings. The maximum Gasteiger partial charge on any atom is 0.328 e. The smallest absolute Gasteiger partial charge is 0.328 e. The normalized spacial score (nSPS) is 16.9. The monoisotopic (exact) mass is 205 g/mol. The fourth-order valence-corrected chi connectivity index (χ4v) is 0.889. The molecule has 1 unspecified atom stereocenters. The summed E-state index contributed by atoms with van der Waals surface area (Å²) in [6, 6.07) is -1.33. The molecule has 3 atom stereocenters. The van der Waals surface area contributed by atoms with Crippen molar-refractivity contribution in [3.05, 3.63) is 0 Å². The molecule has 0 radical (unpaired) electrons. The number of carboxylic acid groups (broad SMARTS) is 1. The molecule has 0 saturated heterocycles. The van der Waals surface area contributed by atoms with Crippen molar-refractivity contribution >= 4 is 11.9 Å². The molecule has 0 aromatic carbocycles. The van der Waals surface area contributed by atoms with Crippen molar-refractivity contribution in [2.24, 2.45) is 0 Å². The minimum Gasteiger partial charge on any atom is -0.480 e. The summed E-state index contributed by atoms with van der Waals surface area (Å²) < 4.78 is 0. The van der Waals surface area contributed by atoms with Crippen LogP contribution in [0.1, 0.15) is 20.3 Å². The lowest BCUT2D eigenvalue weighted by molar-refractivity contribution is -0.145. The molecule has 4 N–H and O–H groups in total. The lowest BCUT2D eigenvalue weighted by atomic mass is 10.1. The van der Waals surface area contributed by atoms with E-state index in [-0.39, 0.29) is 6.42 Å². The highest BCUT2D eigenvalue weighted by Gasteiger charge is 2.24.